The van der Waals surface area contributed by atoms with Crippen molar-refractivity contribution in [3.63, 3.8) is 0 Å². The van der Waals surface area contributed by atoms with E-state index in [-0.39, 0.29) is 17.5 Å². The SMILES string of the molecule is OC(c1ccccc1)C1CCCN1Cc1coc(-c2ccccc2C(F)(F)F)n1. The van der Waals surface area contributed by atoms with E-state index in [2.05, 4.69) is 9.88 Å². The van der Waals surface area contributed by atoms with Gasteiger partial charge in [-0.2, -0.15) is 13.2 Å². The standard InChI is InChI=1S/C22H21F3N2O2/c23-22(24,25)18-10-5-4-9-17(18)21-26-16(14-29-21)13-27-12-6-11-19(27)20(28)15-7-2-1-3-8-15/h1-5,7-10,14,19-20,28H,6,11-13H2. The number of alkyl halides is 3. The number of benzene rings is 2. The van der Waals surface area contributed by atoms with Crippen LogP contribution in [0.2, 0.25) is 0 Å². The molecule has 4 rings (SSSR count). The molecule has 2 unspecified atom stereocenters. The second-order valence-electron chi connectivity index (χ2n) is 7.22. The third-order valence-corrected chi connectivity index (χ3v) is 5.30. The first-order valence-corrected chi connectivity index (χ1v) is 9.51. The third-order valence-electron chi connectivity index (χ3n) is 5.30. The van der Waals surface area contributed by atoms with Crippen molar-refractivity contribution in [2.75, 3.05) is 6.54 Å². The first kappa shape index (κ1) is 19.7. The first-order valence-electron chi connectivity index (χ1n) is 9.51. The molecular formula is C22H21F3N2O2. The molecular weight excluding hydrogens is 381 g/mol. The topological polar surface area (TPSA) is 49.5 Å². The lowest BCUT2D eigenvalue weighted by atomic mass is 10.0. The first-order chi connectivity index (χ1) is 13.9. The highest BCUT2D eigenvalue weighted by molar-refractivity contribution is 5.59. The van der Waals surface area contributed by atoms with Crippen LogP contribution in [-0.4, -0.2) is 27.6 Å². The number of likely N-dealkylation sites (tertiary alicyclic amines) is 1. The molecule has 1 aromatic heterocycles. The molecule has 0 amide bonds. The Morgan fingerprint density at radius 2 is 1.83 bits per heavy atom. The van der Waals surface area contributed by atoms with Gasteiger partial charge in [0, 0.05) is 18.2 Å². The van der Waals surface area contributed by atoms with Crippen LogP contribution in [0, 0.1) is 0 Å². The molecule has 1 N–H and O–H groups in total. The summed E-state index contributed by atoms with van der Waals surface area (Å²) in [6.45, 7) is 1.20. The zero-order chi connectivity index (χ0) is 20.4. The van der Waals surface area contributed by atoms with Crippen molar-refractivity contribution in [1.29, 1.82) is 0 Å². The fourth-order valence-corrected chi connectivity index (χ4v) is 3.91. The fraction of sp³-hybridized carbons (Fsp3) is 0.318. The number of rotatable bonds is 5. The Labute approximate surface area is 166 Å². The van der Waals surface area contributed by atoms with Crippen LogP contribution >= 0.6 is 0 Å². The second-order valence-corrected chi connectivity index (χ2v) is 7.22. The van der Waals surface area contributed by atoms with Crippen molar-refractivity contribution >= 4 is 0 Å². The van der Waals surface area contributed by atoms with Gasteiger partial charge in [-0.1, -0.05) is 42.5 Å². The summed E-state index contributed by atoms with van der Waals surface area (Å²) in [4.78, 5) is 6.40. The van der Waals surface area contributed by atoms with E-state index in [1.807, 2.05) is 30.3 Å². The number of oxazole rings is 1. The van der Waals surface area contributed by atoms with Gasteiger partial charge in [-0.3, -0.25) is 4.90 Å². The van der Waals surface area contributed by atoms with Crippen LogP contribution in [0.1, 0.15) is 35.8 Å². The molecule has 3 aromatic rings. The maximum absolute atomic E-state index is 13.3. The molecule has 2 heterocycles. The number of nitrogens with zero attached hydrogens (tertiary/aromatic N) is 2. The van der Waals surface area contributed by atoms with Crippen molar-refractivity contribution in [2.45, 2.75) is 37.7 Å². The summed E-state index contributed by atoms with van der Waals surface area (Å²) < 4.78 is 45.2. The molecule has 1 aliphatic rings. The highest BCUT2D eigenvalue weighted by Gasteiger charge is 2.35. The average molecular weight is 402 g/mol. The number of halogens is 3. The molecule has 0 aliphatic carbocycles. The molecule has 0 radical (unpaired) electrons. The van der Waals surface area contributed by atoms with Crippen molar-refractivity contribution < 1.29 is 22.7 Å². The van der Waals surface area contributed by atoms with Crippen LogP contribution in [0.3, 0.4) is 0 Å². The molecule has 29 heavy (non-hydrogen) atoms. The van der Waals surface area contributed by atoms with E-state index >= 15 is 0 Å². The lowest BCUT2D eigenvalue weighted by Gasteiger charge is -2.28. The summed E-state index contributed by atoms with van der Waals surface area (Å²) in [6, 6.07) is 14.6. The zero-order valence-electron chi connectivity index (χ0n) is 15.6. The Morgan fingerprint density at radius 3 is 2.59 bits per heavy atom. The minimum absolute atomic E-state index is 0.0488. The van der Waals surface area contributed by atoms with Gasteiger partial charge in [0.2, 0.25) is 5.89 Å². The van der Waals surface area contributed by atoms with Gasteiger partial charge in [0.15, 0.2) is 0 Å². The molecule has 0 spiro atoms. The summed E-state index contributed by atoms with van der Waals surface area (Å²) in [5.74, 6) is -0.0488. The van der Waals surface area contributed by atoms with Crippen LogP contribution in [0.5, 0.6) is 0 Å². The molecule has 4 nitrogen and oxygen atoms in total. The highest BCUT2D eigenvalue weighted by atomic mass is 19.4. The van der Waals surface area contributed by atoms with E-state index in [4.69, 9.17) is 4.42 Å². The Bertz CT molecular complexity index is 956. The van der Waals surface area contributed by atoms with Crippen molar-refractivity contribution in [2.24, 2.45) is 0 Å². The molecule has 2 aromatic carbocycles. The van der Waals surface area contributed by atoms with Gasteiger partial charge in [0.1, 0.15) is 6.26 Å². The maximum atomic E-state index is 13.3. The van der Waals surface area contributed by atoms with E-state index in [1.54, 1.807) is 0 Å². The van der Waals surface area contributed by atoms with Crippen LogP contribution in [-0.2, 0) is 12.7 Å². The average Bonchev–Trinajstić information content (AvgIpc) is 3.37. The van der Waals surface area contributed by atoms with E-state index < -0.39 is 17.8 Å². The number of aliphatic hydroxyl groups excluding tert-OH is 1. The van der Waals surface area contributed by atoms with Crippen molar-refractivity contribution in [3.05, 3.63) is 77.7 Å². The number of hydrogen-bond donors (Lipinski definition) is 1. The van der Waals surface area contributed by atoms with Gasteiger partial charge in [-0.15, -0.1) is 0 Å². The normalized spacial score (nSPS) is 18.8. The van der Waals surface area contributed by atoms with Gasteiger partial charge in [0.05, 0.1) is 17.4 Å². The molecule has 2 atom stereocenters. The summed E-state index contributed by atoms with van der Waals surface area (Å²) in [7, 11) is 0. The quantitative estimate of drug-likeness (QED) is 0.648. The van der Waals surface area contributed by atoms with E-state index in [9.17, 15) is 18.3 Å². The minimum Gasteiger partial charge on any atom is -0.444 e. The van der Waals surface area contributed by atoms with Crippen molar-refractivity contribution in [3.8, 4) is 11.5 Å². The van der Waals surface area contributed by atoms with Crippen molar-refractivity contribution in [1.82, 2.24) is 9.88 Å². The summed E-state index contributed by atoms with van der Waals surface area (Å²) in [5, 5.41) is 10.8. The van der Waals surface area contributed by atoms with Crippen LogP contribution in [0.25, 0.3) is 11.5 Å². The lowest BCUT2D eigenvalue weighted by molar-refractivity contribution is -0.137. The lowest BCUT2D eigenvalue weighted by Crippen LogP contribution is -2.34. The predicted octanol–water partition coefficient (Wildman–Crippen LogP) is 5.06. The van der Waals surface area contributed by atoms with E-state index in [0.29, 0.717) is 12.2 Å². The van der Waals surface area contributed by atoms with Crippen LogP contribution in [0.15, 0.2) is 65.3 Å². The van der Waals surface area contributed by atoms with E-state index in [1.165, 1.54) is 24.5 Å². The third kappa shape index (κ3) is 4.21. The summed E-state index contributed by atoms with van der Waals surface area (Å²) in [5.41, 5.74) is 0.550. The van der Waals surface area contributed by atoms with Crippen LogP contribution < -0.4 is 0 Å². The molecule has 1 aliphatic heterocycles. The van der Waals surface area contributed by atoms with E-state index in [0.717, 1.165) is 31.0 Å². The van der Waals surface area contributed by atoms with Crippen LogP contribution in [0.4, 0.5) is 13.2 Å². The zero-order valence-corrected chi connectivity index (χ0v) is 15.6. The Kier molecular flexibility index (Phi) is 5.43. The van der Waals surface area contributed by atoms with Gasteiger partial charge >= 0.3 is 6.18 Å². The maximum Gasteiger partial charge on any atom is 0.417 e. The molecule has 7 heteroatoms. The Hall–Kier alpha value is -2.64. The fourth-order valence-electron chi connectivity index (χ4n) is 3.91. The Morgan fingerprint density at radius 1 is 1.10 bits per heavy atom. The molecule has 1 fully saturated rings. The summed E-state index contributed by atoms with van der Waals surface area (Å²) in [6.07, 6.45) is -1.93. The number of aromatic nitrogens is 1. The molecule has 1 saturated heterocycles. The monoisotopic (exact) mass is 402 g/mol. The minimum atomic E-state index is -4.48. The highest BCUT2D eigenvalue weighted by Crippen LogP contribution is 2.37. The van der Waals surface area contributed by atoms with Gasteiger partial charge in [-0.25, -0.2) is 4.98 Å². The molecule has 0 saturated carbocycles. The number of aliphatic hydroxyl groups is 1. The van der Waals surface area contributed by atoms with Gasteiger partial charge in [0.25, 0.3) is 0 Å². The molecule has 152 valence electrons. The van der Waals surface area contributed by atoms with Gasteiger partial charge in [-0.05, 0) is 37.1 Å². The number of hydrogen-bond acceptors (Lipinski definition) is 4. The second kappa shape index (κ2) is 8.00. The largest absolute Gasteiger partial charge is 0.444 e. The molecule has 0 bridgehead atoms. The van der Waals surface area contributed by atoms with Gasteiger partial charge < -0.3 is 9.52 Å². The smallest absolute Gasteiger partial charge is 0.417 e. The predicted molar refractivity (Wildman–Crippen MR) is 102 cm³/mol. The Balaban J connectivity index is 1.53. The summed E-state index contributed by atoms with van der Waals surface area (Å²) >= 11 is 0.